The van der Waals surface area contributed by atoms with Gasteiger partial charge < -0.3 is 10.6 Å². The number of nitrogens with one attached hydrogen (secondary N) is 2. The SMILES string of the molecule is CCCCCNC(=O)c1ccc(NCc2ccc(F)cc2)nn1. The highest BCUT2D eigenvalue weighted by Crippen LogP contribution is 2.07. The molecule has 2 rings (SSSR count). The second-order valence-corrected chi connectivity index (χ2v) is 5.25. The number of halogens is 1. The summed E-state index contributed by atoms with van der Waals surface area (Å²) in [6.07, 6.45) is 3.18. The second kappa shape index (κ2) is 8.82. The van der Waals surface area contributed by atoms with Crippen LogP contribution in [0.1, 0.15) is 42.2 Å². The zero-order valence-electron chi connectivity index (χ0n) is 13.2. The molecule has 0 unspecified atom stereocenters. The predicted molar refractivity (Wildman–Crippen MR) is 87.6 cm³/mol. The zero-order chi connectivity index (χ0) is 16.5. The average molecular weight is 316 g/mol. The first-order valence-electron chi connectivity index (χ1n) is 7.79. The second-order valence-electron chi connectivity index (χ2n) is 5.25. The summed E-state index contributed by atoms with van der Waals surface area (Å²) in [5.74, 6) is 0.0957. The molecule has 0 aliphatic rings. The topological polar surface area (TPSA) is 66.9 Å². The number of rotatable bonds is 8. The summed E-state index contributed by atoms with van der Waals surface area (Å²) < 4.78 is 12.8. The molecule has 1 aromatic carbocycles. The van der Waals surface area contributed by atoms with E-state index in [2.05, 4.69) is 27.8 Å². The number of carbonyl (C=O) groups excluding carboxylic acids is 1. The molecule has 0 atom stereocenters. The standard InChI is InChI=1S/C17H21FN4O/c1-2-3-4-11-19-17(23)15-9-10-16(22-21-15)20-12-13-5-7-14(18)8-6-13/h5-10H,2-4,11-12H2,1H3,(H,19,23)(H,20,22). The molecule has 2 aromatic rings. The maximum atomic E-state index is 12.8. The summed E-state index contributed by atoms with van der Waals surface area (Å²) >= 11 is 0. The van der Waals surface area contributed by atoms with Crippen molar-refractivity contribution in [1.29, 1.82) is 0 Å². The molecule has 0 saturated carbocycles. The van der Waals surface area contributed by atoms with E-state index in [1.54, 1.807) is 24.3 Å². The van der Waals surface area contributed by atoms with E-state index >= 15 is 0 Å². The van der Waals surface area contributed by atoms with E-state index in [4.69, 9.17) is 0 Å². The molecule has 0 saturated heterocycles. The highest BCUT2D eigenvalue weighted by Gasteiger charge is 2.07. The summed E-state index contributed by atoms with van der Waals surface area (Å²) in [4.78, 5) is 11.9. The van der Waals surface area contributed by atoms with Crippen molar-refractivity contribution in [3.8, 4) is 0 Å². The molecule has 0 radical (unpaired) electrons. The Morgan fingerprint density at radius 3 is 2.52 bits per heavy atom. The van der Waals surface area contributed by atoms with E-state index < -0.39 is 0 Å². The number of aromatic nitrogens is 2. The highest BCUT2D eigenvalue weighted by atomic mass is 19.1. The maximum Gasteiger partial charge on any atom is 0.271 e. The van der Waals surface area contributed by atoms with Crippen LogP contribution < -0.4 is 10.6 Å². The first kappa shape index (κ1) is 16.9. The molecule has 1 amide bonds. The summed E-state index contributed by atoms with van der Waals surface area (Å²) in [5, 5.41) is 13.8. The van der Waals surface area contributed by atoms with Crippen molar-refractivity contribution in [2.45, 2.75) is 32.7 Å². The normalized spacial score (nSPS) is 10.3. The van der Waals surface area contributed by atoms with Crippen molar-refractivity contribution in [3.05, 3.63) is 53.5 Å². The van der Waals surface area contributed by atoms with Gasteiger partial charge in [-0.2, -0.15) is 0 Å². The van der Waals surface area contributed by atoms with Crippen molar-refractivity contribution in [3.63, 3.8) is 0 Å². The summed E-state index contributed by atoms with van der Waals surface area (Å²) in [6.45, 7) is 3.28. The van der Waals surface area contributed by atoms with Crippen molar-refractivity contribution in [1.82, 2.24) is 15.5 Å². The van der Waals surface area contributed by atoms with Gasteiger partial charge in [-0.25, -0.2) is 4.39 Å². The van der Waals surface area contributed by atoms with Gasteiger partial charge in [0.05, 0.1) is 0 Å². The lowest BCUT2D eigenvalue weighted by molar-refractivity contribution is 0.0947. The van der Waals surface area contributed by atoms with Crippen LogP contribution in [0, 0.1) is 5.82 Å². The molecule has 0 aliphatic carbocycles. The Bertz CT molecular complexity index is 613. The molecule has 1 aromatic heterocycles. The molecular formula is C17H21FN4O. The Morgan fingerprint density at radius 2 is 1.87 bits per heavy atom. The summed E-state index contributed by atoms with van der Waals surface area (Å²) in [7, 11) is 0. The van der Waals surface area contributed by atoms with Crippen LogP contribution in [0.2, 0.25) is 0 Å². The number of nitrogens with zero attached hydrogens (tertiary/aromatic N) is 2. The van der Waals surface area contributed by atoms with Crippen LogP contribution in [-0.4, -0.2) is 22.6 Å². The monoisotopic (exact) mass is 316 g/mol. The molecule has 0 fully saturated rings. The van der Waals surface area contributed by atoms with Crippen LogP contribution in [0.3, 0.4) is 0 Å². The Kier molecular flexibility index (Phi) is 6.47. The summed E-state index contributed by atoms with van der Waals surface area (Å²) in [6, 6.07) is 9.57. The molecule has 23 heavy (non-hydrogen) atoms. The Balaban J connectivity index is 1.81. The van der Waals surface area contributed by atoms with Crippen molar-refractivity contribution >= 4 is 11.7 Å². The van der Waals surface area contributed by atoms with E-state index in [1.807, 2.05) is 0 Å². The number of amides is 1. The van der Waals surface area contributed by atoms with Crippen LogP contribution in [0.4, 0.5) is 10.2 Å². The Morgan fingerprint density at radius 1 is 1.09 bits per heavy atom. The van der Waals surface area contributed by atoms with E-state index in [9.17, 15) is 9.18 Å². The van der Waals surface area contributed by atoms with Crippen LogP contribution in [0.15, 0.2) is 36.4 Å². The third-order valence-electron chi connectivity index (χ3n) is 3.35. The Hall–Kier alpha value is -2.50. The van der Waals surface area contributed by atoms with E-state index in [0.717, 1.165) is 24.8 Å². The lowest BCUT2D eigenvalue weighted by Crippen LogP contribution is -2.25. The lowest BCUT2D eigenvalue weighted by atomic mass is 10.2. The fraction of sp³-hybridized carbons (Fsp3) is 0.353. The van der Waals surface area contributed by atoms with Gasteiger partial charge >= 0.3 is 0 Å². The van der Waals surface area contributed by atoms with Crippen LogP contribution >= 0.6 is 0 Å². The maximum absolute atomic E-state index is 12.8. The van der Waals surface area contributed by atoms with Crippen LogP contribution in [0.25, 0.3) is 0 Å². The summed E-state index contributed by atoms with van der Waals surface area (Å²) in [5.41, 5.74) is 1.24. The van der Waals surface area contributed by atoms with Crippen molar-refractivity contribution in [2.24, 2.45) is 0 Å². The van der Waals surface area contributed by atoms with Crippen LogP contribution in [0.5, 0.6) is 0 Å². The van der Waals surface area contributed by atoms with Gasteiger partial charge in [-0.3, -0.25) is 4.79 Å². The molecule has 5 nitrogen and oxygen atoms in total. The molecular weight excluding hydrogens is 295 g/mol. The fourth-order valence-electron chi connectivity index (χ4n) is 2.01. The zero-order valence-corrected chi connectivity index (χ0v) is 13.2. The van der Waals surface area contributed by atoms with Gasteiger partial charge in [0.2, 0.25) is 0 Å². The number of anilines is 1. The van der Waals surface area contributed by atoms with Gasteiger partial charge in [0, 0.05) is 13.1 Å². The largest absolute Gasteiger partial charge is 0.365 e. The van der Waals surface area contributed by atoms with Gasteiger partial charge in [-0.15, -0.1) is 10.2 Å². The highest BCUT2D eigenvalue weighted by molar-refractivity contribution is 5.92. The Labute approximate surface area is 135 Å². The van der Waals surface area contributed by atoms with E-state index in [0.29, 0.717) is 24.6 Å². The number of unbranched alkanes of at least 4 members (excludes halogenated alkanes) is 2. The molecule has 1 heterocycles. The third-order valence-corrected chi connectivity index (χ3v) is 3.35. The van der Waals surface area contributed by atoms with Crippen LogP contribution in [-0.2, 0) is 6.54 Å². The molecule has 0 spiro atoms. The third kappa shape index (κ3) is 5.65. The first-order valence-corrected chi connectivity index (χ1v) is 7.79. The molecule has 0 aliphatic heterocycles. The number of carbonyl (C=O) groups is 1. The minimum atomic E-state index is -0.261. The number of hydrogen-bond acceptors (Lipinski definition) is 4. The van der Waals surface area contributed by atoms with Gasteiger partial charge in [0.15, 0.2) is 5.69 Å². The molecule has 6 heteroatoms. The predicted octanol–water partition coefficient (Wildman–Crippen LogP) is 3.15. The van der Waals surface area contributed by atoms with Gasteiger partial charge in [-0.1, -0.05) is 31.9 Å². The van der Waals surface area contributed by atoms with Crippen molar-refractivity contribution < 1.29 is 9.18 Å². The quantitative estimate of drug-likeness (QED) is 0.734. The van der Waals surface area contributed by atoms with Gasteiger partial charge in [-0.05, 0) is 36.2 Å². The lowest BCUT2D eigenvalue weighted by Gasteiger charge is -2.06. The fourth-order valence-corrected chi connectivity index (χ4v) is 2.01. The number of benzene rings is 1. The number of hydrogen-bond donors (Lipinski definition) is 2. The first-order chi connectivity index (χ1) is 11.2. The molecule has 2 N–H and O–H groups in total. The minimum Gasteiger partial charge on any atom is -0.365 e. The molecule has 122 valence electrons. The van der Waals surface area contributed by atoms with Crippen molar-refractivity contribution in [2.75, 3.05) is 11.9 Å². The van der Waals surface area contributed by atoms with Gasteiger partial charge in [0.1, 0.15) is 11.6 Å². The van der Waals surface area contributed by atoms with E-state index in [-0.39, 0.29) is 11.7 Å². The smallest absolute Gasteiger partial charge is 0.271 e. The average Bonchev–Trinajstić information content (AvgIpc) is 2.58. The minimum absolute atomic E-state index is 0.210. The van der Waals surface area contributed by atoms with E-state index in [1.165, 1.54) is 12.1 Å². The van der Waals surface area contributed by atoms with Gasteiger partial charge in [0.25, 0.3) is 5.91 Å². The molecule has 0 bridgehead atoms.